The third-order valence-corrected chi connectivity index (χ3v) is 5.93. The lowest BCUT2D eigenvalue weighted by molar-refractivity contribution is 0.0940. The number of anilines is 1. The summed E-state index contributed by atoms with van der Waals surface area (Å²) in [5, 5.41) is 3.58. The molecule has 0 radical (unpaired) electrons. The predicted octanol–water partition coefficient (Wildman–Crippen LogP) is 3.54. The minimum absolute atomic E-state index is 0.190. The Morgan fingerprint density at radius 3 is 2.69 bits per heavy atom. The first kappa shape index (κ1) is 18.7. The molecule has 7 heteroatoms. The second kappa shape index (κ2) is 7.29. The second-order valence-corrected chi connectivity index (χ2v) is 8.88. The number of halogens is 1. The van der Waals surface area contributed by atoms with Crippen molar-refractivity contribution in [3.05, 3.63) is 64.2 Å². The fourth-order valence-electron chi connectivity index (χ4n) is 3.19. The Hall–Kier alpha value is -2.05. The predicted molar refractivity (Wildman–Crippen MR) is 104 cm³/mol. The molecule has 1 aliphatic heterocycles. The molecule has 138 valence electrons. The fourth-order valence-corrected chi connectivity index (χ4v) is 4.38. The van der Waals surface area contributed by atoms with Gasteiger partial charge in [-0.2, -0.15) is 0 Å². The van der Waals surface area contributed by atoms with E-state index < -0.39 is 10.0 Å². The van der Waals surface area contributed by atoms with E-state index in [9.17, 15) is 13.2 Å². The first-order valence-electron chi connectivity index (χ1n) is 8.42. The van der Waals surface area contributed by atoms with Crippen molar-refractivity contribution in [1.29, 1.82) is 0 Å². The first-order chi connectivity index (χ1) is 12.3. The normalized spacial score (nSPS) is 15.3. The summed E-state index contributed by atoms with van der Waals surface area (Å²) in [5.41, 5.74) is 2.99. The standard InChI is InChI=1S/C19H21ClN2O3S/c1-13(14-5-3-7-17(20)12-14)21-19(23)16-8-9-18-15(11-16)6-4-10-22(18)26(2,24)25/h3,5,7-9,11-13H,4,6,10H2,1-2H3,(H,21,23)/t13-/m1/s1. The van der Waals surface area contributed by atoms with Crippen LogP contribution >= 0.6 is 11.6 Å². The van der Waals surface area contributed by atoms with E-state index in [0.717, 1.165) is 24.0 Å². The number of hydrogen-bond donors (Lipinski definition) is 1. The molecule has 1 atom stereocenters. The molecule has 0 spiro atoms. The number of carbonyl (C=O) groups excluding carboxylic acids is 1. The van der Waals surface area contributed by atoms with Gasteiger partial charge in [0, 0.05) is 17.1 Å². The molecule has 0 saturated heterocycles. The Morgan fingerprint density at radius 2 is 2.00 bits per heavy atom. The van der Waals surface area contributed by atoms with Crippen LogP contribution in [-0.2, 0) is 16.4 Å². The van der Waals surface area contributed by atoms with Gasteiger partial charge >= 0.3 is 0 Å². The Balaban J connectivity index is 1.81. The van der Waals surface area contributed by atoms with Crippen LogP contribution in [0.3, 0.4) is 0 Å². The van der Waals surface area contributed by atoms with Gasteiger partial charge in [-0.05, 0) is 61.2 Å². The number of nitrogens with one attached hydrogen (secondary N) is 1. The lowest BCUT2D eigenvalue weighted by Gasteiger charge is -2.29. The minimum Gasteiger partial charge on any atom is -0.346 e. The van der Waals surface area contributed by atoms with E-state index in [2.05, 4.69) is 5.32 Å². The maximum atomic E-state index is 12.6. The SMILES string of the molecule is C[C@@H](NC(=O)c1ccc2c(c1)CCCN2S(C)(=O)=O)c1cccc(Cl)c1. The molecule has 0 aromatic heterocycles. The van der Waals surface area contributed by atoms with Gasteiger partial charge in [0.05, 0.1) is 18.0 Å². The third-order valence-electron chi connectivity index (χ3n) is 4.51. The van der Waals surface area contributed by atoms with Gasteiger partial charge in [-0.15, -0.1) is 0 Å². The van der Waals surface area contributed by atoms with Crippen molar-refractivity contribution in [3.63, 3.8) is 0 Å². The third kappa shape index (κ3) is 4.02. The van der Waals surface area contributed by atoms with E-state index in [1.165, 1.54) is 10.6 Å². The molecule has 1 N–H and O–H groups in total. The van der Waals surface area contributed by atoms with Crippen molar-refractivity contribution in [1.82, 2.24) is 5.32 Å². The zero-order valence-electron chi connectivity index (χ0n) is 14.7. The molecule has 0 fully saturated rings. The Labute approximate surface area is 159 Å². The highest BCUT2D eigenvalue weighted by molar-refractivity contribution is 7.92. The van der Waals surface area contributed by atoms with Crippen molar-refractivity contribution in [3.8, 4) is 0 Å². The average Bonchev–Trinajstić information content (AvgIpc) is 2.59. The lowest BCUT2D eigenvalue weighted by Crippen LogP contribution is -2.35. The van der Waals surface area contributed by atoms with Crippen LogP contribution in [0.15, 0.2) is 42.5 Å². The summed E-state index contributed by atoms with van der Waals surface area (Å²) in [6.07, 6.45) is 2.70. The molecule has 1 heterocycles. The van der Waals surface area contributed by atoms with Gasteiger partial charge in [0.15, 0.2) is 0 Å². The monoisotopic (exact) mass is 392 g/mol. The lowest BCUT2D eigenvalue weighted by atomic mass is 10.00. The Morgan fingerprint density at radius 1 is 1.23 bits per heavy atom. The number of hydrogen-bond acceptors (Lipinski definition) is 3. The van der Waals surface area contributed by atoms with Gasteiger partial charge in [-0.1, -0.05) is 23.7 Å². The number of amides is 1. The number of rotatable bonds is 4. The fraction of sp³-hybridized carbons (Fsp3) is 0.316. The number of benzene rings is 2. The molecule has 0 unspecified atom stereocenters. The number of nitrogens with zero attached hydrogens (tertiary/aromatic N) is 1. The average molecular weight is 393 g/mol. The van der Waals surface area contributed by atoms with Gasteiger partial charge in [0.1, 0.15) is 0 Å². The number of sulfonamides is 1. The smallest absolute Gasteiger partial charge is 0.251 e. The highest BCUT2D eigenvalue weighted by Crippen LogP contribution is 2.30. The van der Waals surface area contributed by atoms with E-state index in [-0.39, 0.29) is 11.9 Å². The summed E-state index contributed by atoms with van der Waals surface area (Å²) in [6, 6.07) is 12.3. The second-order valence-electron chi connectivity index (χ2n) is 6.53. The van der Waals surface area contributed by atoms with Crippen molar-refractivity contribution in [2.45, 2.75) is 25.8 Å². The quantitative estimate of drug-likeness (QED) is 0.865. The van der Waals surface area contributed by atoms with Crippen LogP contribution in [-0.4, -0.2) is 27.1 Å². The molecule has 0 saturated carbocycles. The molecule has 1 amide bonds. The van der Waals surface area contributed by atoms with E-state index in [1.807, 2.05) is 25.1 Å². The topological polar surface area (TPSA) is 66.5 Å². The summed E-state index contributed by atoms with van der Waals surface area (Å²) in [4.78, 5) is 12.6. The number of carbonyl (C=O) groups is 1. The molecule has 26 heavy (non-hydrogen) atoms. The summed E-state index contributed by atoms with van der Waals surface area (Å²) >= 11 is 6.01. The zero-order chi connectivity index (χ0) is 18.9. The first-order valence-corrected chi connectivity index (χ1v) is 10.7. The van der Waals surface area contributed by atoms with Crippen molar-refractivity contribution in [2.24, 2.45) is 0 Å². The number of aryl methyl sites for hydroxylation is 1. The van der Waals surface area contributed by atoms with Gasteiger partial charge in [-0.25, -0.2) is 8.42 Å². The Kier molecular flexibility index (Phi) is 5.25. The van der Waals surface area contributed by atoms with Crippen LogP contribution in [0.25, 0.3) is 0 Å². The zero-order valence-corrected chi connectivity index (χ0v) is 16.3. The molecule has 2 aromatic carbocycles. The van der Waals surface area contributed by atoms with Gasteiger partial charge in [0.25, 0.3) is 5.91 Å². The van der Waals surface area contributed by atoms with Gasteiger partial charge in [0.2, 0.25) is 10.0 Å². The highest BCUT2D eigenvalue weighted by atomic mass is 35.5. The number of fused-ring (bicyclic) bond motifs is 1. The van der Waals surface area contributed by atoms with Crippen LogP contribution < -0.4 is 9.62 Å². The molecular formula is C19H21ClN2O3S. The van der Waals surface area contributed by atoms with Crippen LogP contribution in [0.1, 0.15) is 40.9 Å². The van der Waals surface area contributed by atoms with E-state index in [1.54, 1.807) is 24.3 Å². The summed E-state index contributed by atoms with van der Waals surface area (Å²) in [5.74, 6) is -0.197. The van der Waals surface area contributed by atoms with Gasteiger partial charge in [-0.3, -0.25) is 9.10 Å². The van der Waals surface area contributed by atoms with Crippen LogP contribution in [0.2, 0.25) is 5.02 Å². The molecular weight excluding hydrogens is 372 g/mol. The molecule has 1 aliphatic rings. The molecule has 3 rings (SSSR count). The van der Waals surface area contributed by atoms with Crippen molar-refractivity contribution < 1.29 is 13.2 Å². The summed E-state index contributed by atoms with van der Waals surface area (Å²) < 4.78 is 25.3. The summed E-state index contributed by atoms with van der Waals surface area (Å²) in [7, 11) is -3.31. The van der Waals surface area contributed by atoms with Crippen molar-refractivity contribution >= 4 is 33.2 Å². The molecule has 5 nitrogen and oxygen atoms in total. The Bertz CT molecular complexity index is 944. The molecule has 2 aromatic rings. The van der Waals surface area contributed by atoms with Crippen LogP contribution in [0.5, 0.6) is 0 Å². The molecule has 0 bridgehead atoms. The van der Waals surface area contributed by atoms with E-state index in [0.29, 0.717) is 22.8 Å². The van der Waals surface area contributed by atoms with E-state index in [4.69, 9.17) is 11.6 Å². The maximum Gasteiger partial charge on any atom is 0.251 e. The van der Waals surface area contributed by atoms with Gasteiger partial charge < -0.3 is 5.32 Å². The van der Waals surface area contributed by atoms with E-state index >= 15 is 0 Å². The minimum atomic E-state index is -3.31. The molecule has 0 aliphatic carbocycles. The largest absolute Gasteiger partial charge is 0.346 e. The van der Waals surface area contributed by atoms with Crippen molar-refractivity contribution in [2.75, 3.05) is 17.1 Å². The van der Waals surface area contributed by atoms with Crippen LogP contribution in [0.4, 0.5) is 5.69 Å². The maximum absolute atomic E-state index is 12.6. The van der Waals surface area contributed by atoms with Crippen LogP contribution in [0, 0.1) is 0 Å². The highest BCUT2D eigenvalue weighted by Gasteiger charge is 2.25. The summed E-state index contributed by atoms with van der Waals surface area (Å²) in [6.45, 7) is 2.37.